The Kier molecular flexibility index (Phi) is 4.93. The number of hydrogen-bond acceptors (Lipinski definition) is 6. The van der Waals surface area contributed by atoms with Crippen molar-refractivity contribution in [2.24, 2.45) is 0 Å². The minimum absolute atomic E-state index is 0.0740. The molecule has 1 aromatic carbocycles. The Hall–Kier alpha value is -2.67. The average Bonchev–Trinajstić information content (AvgIpc) is 3.38. The van der Waals surface area contributed by atoms with Crippen molar-refractivity contribution in [2.45, 2.75) is 38.0 Å². The lowest BCUT2D eigenvalue weighted by Gasteiger charge is -2.41. The Morgan fingerprint density at radius 1 is 1.25 bits per heavy atom. The number of nitrogens with two attached hydrogens (primary N) is 1. The summed E-state index contributed by atoms with van der Waals surface area (Å²) in [6.45, 7) is 5.30. The second-order valence-corrected chi connectivity index (χ2v) is 8.47. The van der Waals surface area contributed by atoms with Gasteiger partial charge in [-0.15, -0.1) is 11.3 Å². The average molecular weight is 397 g/mol. The lowest BCUT2D eigenvalue weighted by atomic mass is 9.70. The monoisotopic (exact) mass is 396 g/mol. The molecule has 7 heteroatoms. The van der Waals surface area contributed by atoms with Crippen molar-refractivity contribution >= 4 is 22.4 Å². The molecule has 0 saturated carbocycles. The van der Waals surface area contributed by atoms with Crippen molar-refractivity contribution in [3.63, 3.8) is 0 Å². The van der Waals surface area contributed by atoms with Gasteiger partial charge in [0.15, 0.2) is 10.8 Å². The van der Waals surface area contributed by atoms with Crippen LogP contribution >= 0.6 is 11.3 Å². The molecule has 2 N–H and O–H groups in total. The number of piperidine rings is 1. The molecule has 0 spiro atoms. The molecule has 1 fully saturated rings. The molecular weight excluding hydrogens is 372 g/mol. The maximum absolute atomic E-state index is 12.9. The second kappa shape index (κ2) is 7.39. The summed E-state index contributed by atoms with van der Waals surface area (Å²) in [6, 6.07) is 12.1. The number of likely N-dealkylation sites (tertiary alicyclic amines) is 1. The molecule has 0 atom stereocenters. The summed E-state index contributed by atoms with van der Waals surface area (Å²) in [6.07, 6.45) is 1.58. The minimum atomic E-state index is -0.223. The van der Waals surface area contributed by atoms with Gasteiger partial charge >= 0.3 is 0 Å². The molecule has 1 aliphatic heterocycles. The Labute approximate surface area is 168 Å². The van der Waals surface area contributed by atoms with E-state index in [1.54, 1.807) is 6.07 Å². The second-order valence-electron chi connectivity index (χ2n) is 7.58. The van der Waals surface area contributed by atoms with Crippen LogP contribution in [0.2, 0.25) is 0 Å². The lowest BCUT2D eigenvalue weighted by molar-refractivity contribution is 0.0673. The molecule has 146 valence electrons. The third-order valence-corrected chi connectivity index (χ3v) is 6.23. The van der Waals surface area contributed by atoms with Crippen molar-refractivity contribution in [2.75, 3.05) is 18.8 Å². The predicted octanol–water partition coefficient (Wildman–Crippen LogP) is 4.06. The molecular formula is C21H24N4O2S. The largest absolute Gasteiger partial charge is 0.375 e. The van der Waals surface area contributed by atoms with E-state index in [2.05, 4.69) is 22.3 Å². The van der Waals surface area contributed by atoms with Gasteiger partial charge in [-0.3, -0.25) is 4.79 Å². The molecule has 3 heterocycles. The number of amides is 1. The Balaban J connectivity index is 1.58. The van der Waals surface area contributed by atoms with Gasteiger partial charge in [0.25, 0.3) is 5.91 Å². The van der Waals surface area contributed by atoms with E-state index in [9.17, 15) is 4.79 Å². The molecule has 0 radical (unpaired) electrons. The number of thiazole rings is 1. The molecule has 1 saturated heterocycles. The number of carbonyl (C=O) groups excluding carboxylic acids is 1. The van der Waals surface area contributed by atoms with Crippen LogP contribution in [0.25, 0.3) is 0 Å². The van der Waals surface area contributed by atoms with E-state index in [-0.39, 0.29) is 17.2 Å². The van der Waals surface area contributed by atoms with Gasteiger partial charge in [0, 0.05) is 35.9 Å². The van der Waals surface area contributed by atoms with Gasteiger partial charge in [-0.05, 0) is 18.4 Å². The van der Waals surface area contributed by atoms with Gasteiger partial charge in [0.05, 0.1) is 5.69 Å². The van der Waals surface area contributed by atoms with Gasteiger partial charge in [-0.25, -0.2) is 4.98 Å². The first-order valence-electron chi connectivity index (χ1n) is 9.52. The number of anilines is 1. The summed E-state index contributed by atoms with van der Waals surface area (Å²) in [7, 11) is 0. The molecule has 1 aliphatic rings. The van der Waals surface area contributed by atoms with Crippen LogP contribution in [-0.4, -0.2) is 34.0 Å². The van der Waals surface area contributed by atoms with Crippen molar-refractivity contribution in [3.05, 3.63) is 64.5 Å². The minimum Gasteiger partial charge on any atom is -0.375 e. The Bertz CT molecular complexity index is 956. The molecule has 0 aliphatic carbocycles. The van der Waals surface area contributed by atoms with E-state index < -0.39 is 0 Å². The normalized spacial score (nSPS) is 16.5. The molecule has 4 rings (SSSR count). The van der Waals surface area contributed by atoms with Gasteiger partial charge in [-0.1, -0.05) is 49.3 Å². The van der Waals surface area contributed by atoms with E-state index in [1.165, 1.54) is 16.9 Å². The lowest BCUT2D eigenvalue weighted by Crippen LogP contribution is -2.46. The van der Waals surface area contributed by atoms with Crippen LogP contribution in [0.5, 0.6) is 0 Å². The molecule has 1 amide bonds. The molecule has 0 unspecified atom stereocenters. The van der Waals surface area contributed by atoms with Crippen LogP contribution in [0.15, 0.2) is 46.3 Å². The van der Waals surface area contributed by atoms with Crippen molar-refractivity contribution in [1.29, 1.82) is 0 Å². The molecule has 28 heavy (non-hydrogen) atoms. The van der Waals surface area contributed by atoms with Crippen LogP contribution in [0.1, 0.15) is 60.1 Å². The highest BCUT2D eigenvalue weighted by molar-refractivity contribution is 7.13. The van der Waals surface area contributed by atoms with Crippen molar-refractivity contribution in [3.8, 4) is 0 Å². The maximum Gasteiger partial charge on any atom is 0.276 e. The predicted molar refractivity (Wildman–Crippen MR) is 109 cm³/mol. The summed E-state index contributed by atoms with van der Waals surface area (Å²) in [5, 5.41) is 6.60. The number of nitrogen functional groups attached to an aromatic ring is 1. The summed E-state index contributed by atoms with van der Waals surface area (Å²) in [5.74, 6) is 0.864. The zero-order valence-electron chi connectivity index (χ0n) is 16.1. The fourth-order valence-electron chi connectivity index (χ4n) is 3.87. The van der Waals surface area contributed by atoms with E-state index in [1.807, 2.05) is 42.3 Å². The zero-order chi connectivity index (χ0) is 19.7. The van der Waals surface area contributed by atoms with Gasteiger partial charge in [-0.2, -0.15) is 0 Å². The van der Waals surface area contributed by atoms with Crippen molar-refractivity contribution in [1.82, 2.24) is 15.0 Å². The number of aromatic nitrogens is 2. The zero-order valence-corrected chi connectivity index (χ0v) is 16.9. The molecule has 2 aromatic heterocycles. The quantitative estimate of drug-likeness (QED) is 0.719. The molecule has 3 aromatic rings. The standard InChI is InChI=1S/C21H24N4O2S/c1-14(2)17-12-16(24-27-17)19(26)25-10-8-21(9-11-25,15-6-4-3-5-7-15)18-13-28-20(22)23-18/h3-7,12-14H,8-11H2,1-2H3,(H2,22,23). The SMILES string of the molecule is CC(C)c1cc(C(=O)N2CCC(c3ccccc3)(c3csc(N)n3)CC2)no1. The van der Waals surface area contributed by atoms with E-state index in [0.29, 0.717) is 23.9 Å². The van der Waals surface area contributed by atoms with Gasteiger partial charge in [0.2, 0.25) is 0 Å². The number of nitrogens with zero attached hydrogens (tertiary/aromatic N) is 3. The number of carbonyl (C=O) groups is 1. The topological polar surface area (TPSA) is 85.2 Å². The maximum atomic E-state index is 12.9. The van der Waals surface area contributed by atoms with Crippen LogP contribution < -0.4 is 5.73 Å². The molecule has 6 nitrogen and oxygen atoms in total. The summed E-state index contributed by atoms with van der Waals surface area (Å²) < 4.78 is 5.30. The number of hydrogen-bond donors (Lipinski definition) is 1. The highest BCUT2D eigenvalue weighted by Gasteiger charge is 2.41. The summed E-state index contributed by atoms with van der Waals surface area (Å²) in [4.78, 5) is 19.4. The van der Waals surface area contributed by atoms with Crippen LogP contribution in [0.3, 0.4) is 0 Å². The van der Waals surface area contributed by atoms with Crippen LogP contribution in [-0.2, 0) is 5.41 Å². The summed E-state index contributed by atoms with van der Waals surface area (Å²) >= 11 is 1.46. The fourth-order valence-corrected chi connectivity index (χ4v) is 4.53. The van der Waals surface area contributed by atoms with E-state index >= 15 is 0 Å². The van der Waals surface area contributed by atoms with Crippen LogP contribution in [0.4, 0.5) is 5.13 Å². The van der Waals surface area contributed by atoms with Crippen molar-refractivity contribution < 1.29 is 9.32 Å². The van der Waals surface area contributed by atoms with Gasteiger partial charge in [0.1, 0.15) is 5.76 Å². The smallest absolute Gasteiger partial charge is 0.276 e. The number of benzene rings is 1. The Morgan fingerprint density at radius 2 is 1.96 bits per heavy atom. The van der Waals surface area contributed by atoms with Gasteiger partial charge < -0.3 is 15.2 Å². The highest BCUT2D eigenvalue weighted by Crippen LogP contribution is 2.42. The number of rotatable bonds is 4. The van der Waals surface area contributed by atoms with E-state index in [0.717, 1.165) is 24.3 Å². The third-order valence-electron chi connectivity index (χ3n) is 5.56. The highest BCUT2D eigenvalue weighted by atomic mass is 32.1. The third kappa shape index (κ3) is 3.30. The first-order chi connectivity index (χ1) is 13.5. The first-order valence-corrected chi connectivity index (χ1v) is 10.4. The first kappa shape index (κ1) is 18.7. The summed E-state index contributed by atoms with van der Waals surface area (Å²) in [5.41, 5.74) is 8.30. The molecule has 0 bridgehead atoms. The van der Waals surface area contributed by atoms with Crippen LogP contribution in [0, 0.1) is 0 Å². The fraction of sp³-hybridized carbons (Fsp3) is 0.381. The Morgan fingerprint density at radius 3 is 2.54 bits per heavy atom. The van der Waals surface area contributed by atoms with E-state index in [4.69, 9.17) is 10.3 Å².